The first-order valence-corrected chi connectivity index (χ1v) is 8.72. The van der Waals surface area contributed by atoms with E-state index in [2.05, 4.69) is 10.3 Å². The number of aromatic nitrogens is 2. The summed E-state index contributed by atoms with van der Waals surface area (Å²) in [4.78, 5) is 15.6. The average Bonchev–Trinajstić information content (AvgIpc) is 2.97. The number of amides is 2. The third-order valence-corrected chi connectivity index (χ3v) is 5.19. The number of fused-ring (bicyclic) bond motifs is 4. The Hall–Kier alpha value is -2.14. The lowest BCUT2D eigenvalue weighted by molar-refractivity contribution is 0.191. The van der Waals surface area contributed by atoms with E-state index in [4.69, 9.17) is 5.14 Å². The highest BCUT2D eigenvalue weighted by atomic mass is 32.2. The number of nitrogens with two attached hydrogens (primary N) is 1. The van der Waals surface area contributed by atoms with Crippen LogP contribution < -0.4 is 5.14 Å². The lowest BCUT2D eigenvalue weighted by Gasteiger charge is -2.31. The van der Waals surface area contributed by atoms with Crippen molar-refractivity contribution < 1.29 is 18.4 Å². The minimum atomic E-state index is -3.71. The van der Waals surface area contributed by atoms with Gasteiger partial charge in [-0.1, -0.05) is 5.16 Å². The summed E-state index contributed by atoms with van der Waals surface area (Å²) in [7, 11) is -0.275. The van der Waals surface area contributed by atoms with Crippen molar-refractivity contribution in [2.45, 2.75) is 18.5 Å². The molecule has 0 saturated carbocycles. The summed E-state index contributed by atoms with van der Waals surface area (Å²) < 4.78 is 24.0. The molecule has 10 nitrogen and oxygen atoms in total. The predicted molar refractivity (Wildman–Crippen MR) is 80.4 cm³/mol. The quantitative estimate of drug-likeness (QED) is 0.428. The third kappa shape index (κ3) is 2.45. The number of carbonyl (C=O) groups is 1. The Morgan fingerprint density at radius 3 is 2.83 bits per heavy atom. The molecule has 23 heavy (non-hydrogen) atoms. The van der Waals surface area contributed by atoms with Crippen LogP contribution in [0.3, 0.4) is 0 Å². The van der Waals surface area contributed by atoms with E-state index in [1.165, 1.54) is 0 Å². The van der Waals surface area contributed by atoms with Crippen molar-refractivity contribution in [3.05, 3.63) is 17.5 Å². The van der Waals surface area contributed by atoms with Crippen molar-refractivity contribution >= 4 is 21.8 Å². The maximum absolute atomic E-state index is 12.4. The Morgan fingerprint density at radius 1 is 1.52 bits per heavy atom. The second kappa shape index (κ2) is 5.20. The summed E-state index contributed by atoms with van der Waals surface area (Å²) in [5.41, 5.74) is 1.77. The lowest BCUT2D eigenvalue weighted by atomic mass is 9.93. The highest BCUT2D eigenvalue weighted by Gasteiger charge is 2.49. The smallest absolute Gasteiger partial charge is 0.321 e. The molecule has 3 N–H and O–H groups in total. The molecule has 11 heteroatoms. The highest BCUT2D eigenvalue weighted by Crippen LogP contribution is 2.43. The van der Waals surface area contributed by atoms with Gasteiger partial charge < -0.3 is 15.0 Å². The average molecular weight is 342 g/mol. The van der Waals surface area contributed by atoms with Gasteiger partial charge in [-0.3, -0.25) is 4.68 Å². The Kier molecular flexibility index (Phi) is 3.56. The molecule has 2 aliphatic rings. The van der Waals surface area contributed by atoms with E-state index in [-0.39, 0.29) is 30.0 Å². The van der Waals surface area contributed by atoms with Gasteiger partial charge in [0, 0.05) is 32.6 Å². The standard InChI is InChI=1S/C12H18N6O4S/c1-16-9-6-18(12(16)19)11(10-7(9)5-14-17(10)2)8(15-20)3-4-23(13,21)22/h5,9,11,20H,3-4,6H2,1-2H3,(H2,13,21,22)/b15-8+/t9-,11+/m0/s1. The molecule has 0 aliphatic carbocycles. The number of sulfonamides is 1. The van der Waals surface area contributed by atoms with Crippen molar-refractivity contribution in [2.75, 3.05) is 19.3 Å². The molecule has 0 radical (unpaired) electrons. The normalized spacial score (nSPS) is 24.3. The molecule has 0 unspecified atom stereocenters. The zero-order chi connectivity index (χ0) is 16.9. The molecule has 3 heterocycles. The van der Waals surface area contributed by atoms with Crippen molar-refractivity contribution in [3.8, 4) is 0 Å². The number of nitrogens with zero attached hydrogens (tertiary/aromatic N) is 5. The van der Waals surface area contributed by atoms with Gasteiger partial charge >= 0.3 is 6.03 Å². The Balaban J connectivity index is 2.04. The summed E-state index contributed by atoms with van der Waals surface area (Å²) in [6.45, 7) is 0.438. The molecule has 126 valence electrons. The number of hydrogen-bond acceptors (Lipinski definition) is 6. The van der Waals surface area contributed by atoms with Crippen molar-refractivity contribution in [1.82, 2.24) is 19.6 Å². The van der Waals surface area contributed by atoms with Crippen LogP contribution in [-0.4, -0.2) is 64.3 Å². The van der Waals surface area contributed by atoms with Crippen LogP contribution in [0.2, 0.25) is 0 Å². The van der Waals surface area contributed by atoms with Crippen LogP contribution in [0.4, 0.5) is 4.79 Å². The van der Waals surface area contributed by atoms with E-state index < -0.39 is 16.1 Å². The van der Waals surface area contributed by atoms with Gasteiger partial charge in [0.25, 0.3) is 0 Å². The summed E-state index contributed by atoms with van der Waals surface area (Å²) in [5, 5.41) is 21.9. The van der Waals surface area contributed by atoms with Crippen LogP contribution in [0.15, 0.2) is 11.4 Å². The predicted octanol–water partition coefficient (Wildman–Crippen LogP) is -0.608. The van der Waals surface area contributed by atoms with E-state index in [1.54, 1.807) is 34.8 Å². The van der Waals surface area contributed by atoms with Gasteiger partial charge in [-0.2, -0.15) is 5.10 Å². The summed E-state index contributed by atoms with van der Waals surface area (Å²) in [5.74, 6) is -0.364. The van der Waals surface area contributed by atoms with Crippen molar-refractivity contribution in [1.29, 1.82) is 0 Å². The van der Waals surface area contributed by atoms with E-state index in [9.17, 15) is 18.4 Å². The summed E-state index contributed by atoms with van der Waals surface area (Å²) in [6.07, 6.45) is 1.62. The van der Waals surface area contributed by atoms with Gasteiger partial charge in [-0.05, 0) is 0 Å². The number of hydrogen-bond donors (Lipinski definition) is 2. The first-order chi connectivity index (χ1) is 10.7. The molecule has 0 aromatic carbocycles. The number of primary sulfonamides is 1. The Morgan fingerprint density at radius 2 is 2.22 bits per heavy atom. The van der Waals surface area contributed by atoms with Gasteiger partial charge in [0.2, 0.25) is 10.0 Å². The highest BCUT2D eigenvalue weighted by molar-refractivity contribution is 7.89. The molecule has 2 bridgehead atoms. The molecule has 2 aliphatic heterocycles. The number of likely N-dealkylation sites (N-methyl/N-ethyl adjacent to an activating group) is 1. The molecule has 1 fully saturated rings. The second-order valence-electron chi connectivity index (χ2n) is 5.78. The maximum Gasteiger partial charge on any atom is 0.321 e. The van der Waals surface area contributed by atoms with Crippen LogP contribution in [0, 0.1) is 0 Å². The molecule has 2 amide bonds. The van der Waals surface area contributed by atoms with Gasteiger partial charge in [-0.15, -0.1) is 0 Å². The molecule has 3 rings (SSSR count). The number of rotatable bonds is 4. The largest absolute Gasteiger partial charge is 0.411 e. The molecule has 2 atom stereocenters. The molecule has 1 aromatic heterocycles. The molecule has 1 saturated heterocycles. The number of urea groups is 1. The molecule has 0 spiro atoms. The summed E-state index contributed by atoms with van der Waals surface area (Å²) in [6, 6.07) is -0.966. The van der Waals surface area contributed by atoms with Crippen LogP contribution >= 0.6 is 0 Å². The topological polar surface area (TPSA) is 134 Å². The maximum atomic E-state index is 12.4. The van der Waals surface area contributed by atoms with Crippen LogP contribution in [0.1, 0.15) is 29.8 Å². The number of carbonyl (C=O) groups excluding carboxylic acids is 1. The molecular weight excluding hydrogens is 324 g/mol. The van der Waals surface area contributed by atoms with E-state index in [0.717, 1.165) is 11.3 Å². The van der Waals surface area contributed by atoms with E-state index >= 15 is 0 Å². The fourth-order valence-corrected chi connectivity index (χ4v) is 3.77. The van der Waals surface area contributed by atoms with E-state index in [0.29, 0.717) is 6.54 Å². The van der Waals surface area contributed by atoms with Gasteiger partial charge in [-0.25, -0.2) is 18.4 Å². The van der Waals surface area contributed by atoms with Gasteiger partial charge in [0.05, 0.1) is 29.4 Å². The first kappa shape index (κ1) is 15.7. The van der Waals surface area contributed by atoms with Crippen molar-refractivity contribution in [2.24, 2.45) is 17.3 Å². The third-order valence-electron chi connectivity index (χ3n) is 4.42. The molecule has 1 aromatic rings. The fraction of sp³-hybridized carbons (Fsp3) is 0.583. The summed E-state index contributed by atoms with van der Waals surface area (Å²) >= 11 is 0. The number of aryl methyl sites for hydroxylation is 1. The zero-order valence-corrected chi connectivity index (χ0v) is 13.6. The van der Waals surface area contributed by atoms with Crippen LogP contribution in [-0.2, 0) is 17.1 Å². The van der Waals surface area contributed by atoms with Crippen molar-refractivity contribution in [3.63, 3.8) is 0 Å². The lowest BCUT2D eigenvalue weighted by Crippen LogP contribution is -2.40. The zero-order valence-electron chi connectivity index (χ0n) is 12.7. The Labute approximate surface area is 133 Å². The first-order valence-electron chi connectivity index (χ1n) is 7.01. The van der Waals surface area contributed by atoms with Gasteiger partial charge in [0.15, 0.2) is 0 Å². The number of oxime groups is 1. The molecular formula is C12H18N6O4S. The van der Waals surface area contributed by atoms with E-state index in [1.807, 2.05) is 0 Å². The van der Waals surface area contributed by atoms with Crippen LogP contribution in [0.25, 0.3) is 0 Å². The van der Waals surface area contributed by atoms with Gasteiger partial charge in [0.1, 0.15) is 6.04 Å². The second-order valence-corrected chi connectivity index (χ2v) is 7.52. The Bertz CT molecular complexity index is 785. The monoisotopic (exact) mass is 342 g/mol. The fourth-order valence-electron chi connectivity index (χ4n) is 3.27. The van der Waals surface area contributed by atoms with Crippen LogP contribution in [0.5, 0.6) is 0 Å². The minimum absolute atomic E-state index is 0.0667. The SMILES string of the molecule is CN1C(=O)N2C[C@H]1c1cnn(C)c1[C@H]2/C(CCS(N)(=O)=O)=N/O. The minimum Gasteiger partial charge on any atom is -0.411 e.